The molecule has 1 aliphatic heterocycles. The molecule has 0 amide bonds. The fraction of sp³-hybridized carbons (Fsp3) is 0.636. The first kappa shape index (κ1) is 11.1. The van der Waals surface area contributed by atoms with Crippen molar-refractivity contribution in [2.75, 3.05) is 19.7 Å². The molecule has 0 bridgehead atoms. The SMILES string of the molecule is CCOC(=O)CCc1cnc(C2CNC2)o1. The van der Waals surface area contributed by atoms with Gasteiger partial charge in [-0.3, -0.25) is 4.79 Å². The van der Waals surface area contributed by atoms with Crippen molar-refractivity contribution >= 4 is 5.97 Å². The summed E-state index contributed by atoms with van der Waals surface area (Å²) in [4.78, 5) is 15.3. The Kier molecular flexibility index (Phi) is 3.56. The third kappa shape index (κ3) is 2.61. The lowest BCUT2D eigenvalue weighted by Crippen LogP contribution is -2.40. The van der Waals surface area contributed by atoms with Crippen LogP contribution in [-0.4, -0.2) is 30.6 Å². The second-order valence-electron chi connectivity index (χ2n) is 3.83. The Hall–Kier alpha value is -1.36. The van der Waals surface area contributed by atoms with Crippen LogP contribution in [0.5, 0.6) is 0 Å². The summed E-state index contributed by atoms with van der Waals surface area (Å²) in [5, 5.41) is 3.16. The van der Waals surface area contributed by atoms with Gasteiger partial charge in [-0.25, -0.2) is 4.98 Å². The summed E-state index contributed by atoms with van der Waals surface area (Å²) in [6, 6.07) is 0. The summed E-state index contributed by atoms with van der Waals surface area (Å²) < 4.78 is 10.4. The number of carbonyl (C=O) groups is 1. The fourth-order valence-corrected chi connectivity index (χ4v) is 1.55. The van der Waals surface area contributed by atoms with Crippen LogP contribution in [0.1, 0.15) is 30.9 Å². The summed E-state index contributed by atoms with van der Waals surface area (Å²) in [5.74, 6) is 1.75. The summed E-state index contributed by atoms with van der Waals surface area (Å²) in [7, 11) is 0. The van der Waals surface area contributed by atoms with Gasteiger partial charge in [0.1, 0.15) is 5.76 Å². The molecule has 0 atom stereocenters. The largest absolute Gasteiger partial charge is 0.466 e. The van der Waals surface area contributed by atoms with Gasteiger partial charge in [-0.1, -0.05) is 0 Å². The Morgan fingerprint density at radius 3 is 3.12 bits per heavy atom. The van der Waals surface area contributed by atoms with E-state index in [9.17, 15) is 4.79 Å². The zero-order valence-corrected chi connectivity index (χ0v) is 9.36. The van der Waals surface area contributed by atoms with Crippen molar-refractivity contribution in [3.05, 3.63) is 17.8 Å². The lowest BCUT2D eigenvalue weighted by atomic mass is 10.0. The molecular weight excluding hydrogens is 208 g/mol. The van der Waals surface area contributed by atoms with Gasteiger partial charge in [0.2, 0.25) is 0 Å². The maximum atomic E-state index is 11.1. The first-order valence-corrected chi connectivity index (χ1v) is 5.60. The number of oxazole rings is 1. The average molecular weight is 224 g/mol. The average Bonchev–Trinajstić information content (AvgIpc) is 2.61. The molecule has 1 aromatic rings. The van der Waals surface area contributed by atoms with Crippen molar-refractivity contribution in [1.82, 2.24) is 10.3 Å². The minimum atomic E-state index is -0.189. The molecule has 2 heterocycles. The van der Waals surface area contributed by atoms with Crippen molar-refractivity contribution < 1.29 is 13.9 Å². The molecule has 0 unspecified atom stereocenters. The van der Waals surface area contributed by atoms with E-state index in [1.165, 1.54) is 0 Å². The van der Waals surface area contributed by atoms with Gasteiger partial charge >= 0.3 is 5.97 Å². The molecule has 0 aliphatic carbocycles. The van der Waals surface area contributed by atoms with Gasteiger partial charge in [-0.2, -0.15) is 0 Å². The third-order valence-electron chi connectivity index (χ3n) is 2.58. The molecule has 5 heteroatoms. The summed E-state index contributed by atoms with van der Waals surface area (Å²) in [6.07, 6.45) is 2.62. The molecule has 1 N–H and O–H groups in total. The van der Waals surface area contributed by atoms with Gasteiger partial charge in [0.25, 0.3) is 0 Å². The third-order valence-corrected chi connectivity index (χ3v) is 2.58. The van der Waals surface area contributed by atoms with Gasteiger partial charge in [0, 0.05) is 19.5 Å². The van der Waals surface area contributed by atoms with Crippen LogP contribution in [-0.2, 0) is 16.0 Å². The molecule has 88 valence electrons. The van der Waals surface area contributed by atoms with E-state index in [0.717, 1.165) is 24.7 Å². The Bertz CT molecular complexity index is 358. The Morgan fingerprint density at radius 1 is 1.69 bits per heavy atom. The number of nitrogens with zero attached hydrogens (tertiary/aromatic N) is 1. The van der Waals surface area contributed by atoms with Crippen molar-refractivity contribution in [3.63, 3.8) is 0 Å². The van der Waals surface area contributed by atoms with E-state index < -0.39 is 0 Å². The molecule has 0 saturated carbocycles. The van der Waals surface area contributed by atoms with Crippen LogP contribution in [0.15, 0.2) is 10.6 Å². The molecule has 0 spiro atoms. The molecule has 0 aromatic carbocycles. The van der Waals surface area contributed by atoms with Crippen molar-refractivity contribution in [2.24, 2.45) is 0 Å². The predicted molar refractivity (Wildman–Crippen MR) is 57.1 cm³/mol. The Balaban J connectivity index is 1.80. The first-order chi connectivity index (χ1) is 7.79. The summed E-state index contributed by atoms with van der Waals surface area (Å²) >= 11 is 0. The minimum Gasteiger partial charge on any atom is -0.466 e. The van der Waals surface area contributed by atoms with E-state index in [-0.39, 0.29) is 5.97 Å². The highest BCUT2D eigenvalue weighted by molar-refractivity contribution is 5.69. The number of hydrogen-bond acceptors (Lipinski definition) is 5. The number of nitrogens with one attached hydrogen (secondary N) is 1. The monoisotopic (exact) mass is 224 g/mol. The quantitative estimate of drug-likeness (QED) is 0.751. The zero-order chi connectivity index (χ0) is 11.4. The van der Waals surface area contributed by atoms with Gasteiger partial charge in [-0.15, -0.1) is 0 Å². The zero-order valence-electron chi connectivity index (χ0n) is 9.36. The van der Waals surface area contributed by atoms with Crippen molar-refractivity contribution in [3.8, 4) is 0 Å². The molecule has 2 rings (SSSR count). The van der Waals surface area contributed by atoms with Crippen LogP contribution in [0.25, 0.3) is 0 Å². The maximum Gasteiger partial charge on any atom is 0.306 e. The van der Waals surface area contributed by atoms with Gasteiger partial charge in [0.15, 0.2) is 5.89 Å². The molecule has 1 aliphatic rings. The van der Waals surface area contributed by atoms with Crippen molar-refractivity contribution in [2.45, 2.75) is 25.7 Å². The van der Waals surface area contributed by atoms with E-state index in [4.69, 9.17) is 9.15 Å². The highest BCUT2D eigenvalue weighted by Crippen LogP contribution is 2.19. The number of ether oxygens (including phenoxy) is 1. The number of esters is 1. The number of aryl methyl sites for hydroxylation is 1. The van der Waals surface area contributed by atoms with Gasteiger partial charge in [-0.05, 0) is 6.92 Å². The lowest BCUT2D eigenvalue weighted by molar-refractivity contribution is -0.143. The van der Waals surface area contributed by atoms with Gasteiger partial charge in [0.05, 0.1) is 25.1 Å². The van der Waals surface area contributed by atoms with E-state index in [2.05, 4.69) is 10.3 Å². The normalized spacial score (nSPS) is 15.8. The van der Waals surface area contributed by atoms with Crippen LogP contribution in [0, 0.1) is 0 Å². The minimum absolute atomic E-state index is 0.189. The second-order valence-corrected chi connectivity index (χ2v) is 3.83. The van der Waals surface area contributed by atoms with Crippen LogP contribution in [0.2, 0.25) is 0 Å². The predicted octanol–water partition coefficient (Wildman–Crippen LogP) is 0.857. The summed E-state index contributed by atoms with van der Waals surface area (Å²) in [6.45, 7) is 4.08. The van der Waals surface area contributed by atoms with Crippen molar-refractivity contribution in [1.29, 1.82) is 0 Å². The van der Waals surface area contributed by atoms with Crippen LogP contribution >= 0.6 is 0 Å². The summed E-state index contributed by atoms with van der Waals surface area (Å²) in [5.41, 5.74) is 0. The number of rotatable bonds is 5. The molecule has 1 fully saturated rings. The Morgan fingerprint density at radius 2 is 2.50 bits per heavy atom. The molecular formula is C11H16N2O3. The smallest absolute Gasteiger partial charge is 0.306 e. The van der Waals surface area contributed by atoms with Crippen LogP contribution < -0.4 is 5.32 Å². The lowest BCUT2D eigenvalue weighted by Gasteiger charge is -2.23. The Labute approximate surface area is 94.2 Å². The van der Waals surface area contributed by atoms with E-state index >= 15 is 0 Å². The molecule has 16 heavy (non-hydrogen) atoms. The highest BCUT2D eigenvalue weighted by Gasteiger charge is 2.23. The first-order valence-electron chi connectivity index (χ1n) is 5.60. The number of hydrogen-bond donors (Lipinski definition) is 1. The molecule has 5 nitrogen and oxygen atoms in total. The molecule has 0 radical (unpaired) electrons. The van der Waals surface area contributed by atoms with Gasteiger partial charge < -0.3 is 14.5 Å². The van der Waals surface area contributed by atoms with E-state index in [1.54, 1.807) is 13.1 Å². The second kappa shape index (κ2) is 5.12. The number of carbonyl (C=O) groups excluding carboxylic acids is 1. The van der Waals surface area contributed by atoms with Crippen LogP contribution in [0.3, 0.4) is 0 Å². The maximum absolute atomic E-state index is 11.1. The fourth-order valence-electron chi connectivity index (χ4n) is 1.55. The molecule has 1 aromatic heterocycles. The van der Waals surface area contributed by atoms with E-state index in [0.29, 0.717) is 25.4 Å². The number of aromatic nitrogens is 1. The topological polar surface area (TPSA) is 64.4 Å². The van der Waals surface area contributed by atoms with E-state index in [1.807, 2.05) is 0 Å². The highest BCUT2D eigenvalue weighted by atomic mass is 16.5. The van der Waals surface area contributed by atoms with Crippen LogP contribution in [0.4, 0.5) is 0 Å². The molecule has 1 saturated heterocycles. The standard InChI is InChI=1S/C11H16N2O3/c1-2-15-10(14)4-3-9-7-13-11(16-9)8-5-12-6-8/h7-8,12H,2-6H2,1H3.